The van der Waals surface area contributed by atoms with Crippen molar-refractivity contribution in [1.29, 1.82) is 0 Å². The molecule has 6 heteroatoms. The highest BCUT2D eigenvalue weighted by molar-refractivity contribution is 6.54. The highest BCUT2D eigenvalue weighted by Gasteiger charge is 2.68. The maximum absolute atomic E-state index is 11.5. The van der Waals surface area contributed by atoms with Gasteiger partial charge in [-0.3, -0.25) is 14.5 Å². The summed E-state index contributed by atoms with van der Waals surface area (Å²) in [4.78, 5) is 24.6. The fourth-order valence-electron chi connectivity index (χ4n) is 2.92. The minimum Gasteiger partial charge on any atom is -0.498 e. The molecule has 5 nitrogen and oxygen atoms in total. The van der Waals surface area contributed by atoms with Gasteiger partial charge in [0, 0.05) is 5.31 Å². The summed E-state index contributed by atoms with van der Waals surface area (Å²) < 4.78 is 10.5. The standard InChI is InChI=1S/C10H14BNO4/c1-12-5-8(13)15-11(16-9(14)6-12)10-2-7(3-10)4-10/h7H,2-6H2,1H3. The molecule has 0 N–H and O–H groups in total. The molecule has 1 saturated heterocycles. The van der Waals surface area contributed by atoms with E-state index in [2.05, 4.69) is 0 Å². The van der Waals surface area contributed by atoms with Gasteiger partial charge >= 0.3 is 19.1 Å². The van der Waals surface area contributed by atoms with Crippen LogP contribution >= 0.6 is 0 Å². The number of carbonyl (C=O) groups is 2. The predicted molar refractivity (Wildman–Crippen MR) is 55.5 cm³/mol. The van der Waals surface area contributed by atoms with Gasteiger partial charge in [0.25, 0.3) is 0 Å². The van der Waals surface area contributed by atoms with E-state index in [-0.39, 0.29) is 30.3 Å². The van der Waals surface area contributed by atoms with E-state index in [1.165, 1.54) is 0 Å². The van der Waals surface area contributed by atoms with Gasteiger partial charge in [-0.05, 0) is 32.2 Å². The molecular weight excluding hydrogens is 209 g/mol. The monoisotopic (exact) mass is 223 g/mol. The van der Waals surface area contributed by atoms with Gasteiger partial charge in [0.2, 0.25) is 0 Å². The van der Waals surface area contributed by atoms with Gasteiger partial charge in [-0.15, -0.1) is 0 Å². The second kappa shape index (κ2) is 3.23. The second-order valence-electron chi connectivity index (χ2n) is 5.32. The first-order chi connectivity index (χ1) is 7.57. The molecule has 4 fully saturated rings. The normalized spacial score (nSPS) is 38.8. The molecule has 1 aliphatic heterocycles. The molecule has 86 valence electrons. The van der Waals surface area contributed by atoms with E-state index in [1.54, 1.807) is 11.9 Å². The van der Waals surface area contributed by atoms with Gasteiger partial charge in [-0.1, -0.05) is 0 Å². The van der Waals surface area contributed by atoms with Crippen molar-refractivity contribution in [3.8, 4) is 0 Å². The van der Waals surface area contributed by atoms with E-state index < -0.39 is 7.12 Å². The van der Waals surface area contributed by atoms with Crippen molar-refractivity contribution in [1.82, 2.24) is 4.90 Å². The van der Waals surface area contributed by atoms with Crippen LogP contribution in [-0.4, -0.2) is 44.1 Å². The molecule has 3 aliphatic carbocycles. The summed E-state index contributed by atoms with van der Waals surface area (Å²) in [6.45, 7) is 0.316. The fraction of sp³-hybridized carbons (Fsp3) is 0.800. The summed E-state index contributed by atoms with van der Waals surface area (Å²) in [5, 5.41) is -0.0358. The van der Waals surface area contributed by atoms with Crippen molar-refractivity contribution in [2.24, 2.45) is 5.92 Å². The van der Waals surface area contributed by atoms with Gasteiger partial charge in [0.1, 0.15) is 0 Å². The summed E-state index contributed by atoms with van der Waals surface area (Å²) >= 11 is 0. The molecule has 0 unspecified atom stereocenters. The summed E-state index contributed by atoms with van der Waals surface area (Å²) in [5.74, 6) is 0.167. The lowest BCUT2D eigenvalue weighted by Crippen LogP contribution is -2.59. The number of carbonyl (C=O) groups excluding carboxylic acids is 2. The van der Waals surface area contributed by atoms with Crippen LogP contribution in [0.25, 0.3) is 0 Å². The highest BCUT2D eigenvalue weighted by atomic mass is 16.6. The topological polar surface area (TPSA) is 55.8 Å². The zero-order chi connectivity index (χ0) is 11.3. The van der Waals surface area contributed by atoms with Gasteiger partial charge < -0.3 is 9.31 Å². The van der Waals surface area contributed by atoms with Gasteiger partial charge in [0.15, 0.2) is 0 Å². The van der Waals surface area contributed by atoms with E-state index >= 15 is 0 Å². The molecule has 16 heavy (non-hydrogen) atoms. The number of hydrogen-bond donors (Lipinski definition) is 0. The second-order valence-corrected chi connectivity index (χ2v) is 5.32. The van der Waals surface area contributed by atoms with E-state index in [4.69, 9.17) is 9.31 Å². The van der Waals surface area contributed by atoms with Crippen LogP contribution in [0.5, 0.6) is 0 Å². The predicted octanol–water partition coefficient (Wildman–Crippen LogP) is 0.0605. The van der Waals surface area contributed by atoms with Crippen molar-refractivity contribution in [3.05, 3.63) is 0 Å². The van der Waals surface area contributed by atoms with Crippen LogP contribution < -0.4 is 0 Å². The number of nitrogens with zero attached hydrogens (tertiary/aromatic N) is 1. The number of hydrogen-bond acceptors (Lipinski definition) is 5. The van der Waals surface area contributed by atoms with Crippen LogP contribution in [0.4, 0.5) is 0 Å². The first-order valence-electron chi connectivity index (χ1n) is 5.65. The van der Waals surface area contributed by atoms with Crippen molar-refractivity contribution < 1.29 is 18.9 Å². The van der Waals surface area contributed by atoms with Crippen LogP contribution in [0.3, 0.4) is 0 Å². The molecule has 0 radical (unpaired) electrons. The summed E-state index contributed by atoms with van der Waals surface area (Å²) in [6.07, 6.45) is 3.11. The minimum atomic E-state index is -0.633. The van der Waals surface area contributed by atoms with E-state index in [0.717, 1.165) is 25.2 Å². The Kier molecular flexibility index (Phi) is 2.05. The van der Waals surface area contributed by atoms with Crippen molar-refractivity contribution in [3.63, 3.8) is 0 Å². The van der Waals surface area contributed by atoms with Crippen molar-refractivity contribution in [2.45, 2.75) is 24.6 Å². The molecule has 0 aromatic rings. The maximum atomic E-state index is 11.5. The molecule has 0 aromatic heterocycles. The quantitative estimate of drug-likeness (QED) is 0.588. The summed E-state index contributed by atoms with van der Waals surface area (Å²) in [7, 11) is 1.07. The fourth-order valence-corrected chi connectivity index (χ4v) is 2.92. The molecule has 4 aliphatic rings. The van der Waals surface area contributed by atoms with Gasteiger partial charge in [-0.2, -0.15) is 0 Å². The smallest absolute Gasteiger partial charge is 0.498 e. The van der Waals surface area contributed by atoms with Crippen LogP contribution in [0.15, 0.2) is 0 Å². The lowest BCUT2D eigenvalue weighted by molar-refractivity contribution is -0.149. The molecular formula is C10H14BNO4. The minimum absolute atomic E-state index is 0.0358. The first-order valence-corrected chi connectivity index (χ1v) is 5.65. The van der Waals surface area contributed by atoms with Crippen molar-refractivity contribution >= 4 is 19.1 Å². The third-order valence-corrected chi connectivity index (χ3v) is 3.86. The number of rotatable bonds is 1. The Morgan fingerprint density at radius 3 is 2.06 bits per heavy atom. The molecule has 0 aromatic carbocycles. The SMILES string of the molecule is CN1CC(=O)OB(C23CC(C2)C3)OC(=O)C1. The Hall–Kier alpha value is -1.04. The van der Waals surface area contributed by atoms with E-state index in [9.17, 15) is 9.59 Å². The largest absolute Gasteiger partial charge is 0.605 e. The molecule has 2 bridgehead atoms. The number of likely N-dealkylation sites (N-methyl/N-ethyl adjacent to an activating group) is 1. The molecule has 0 spiro atoms. The summed E-state index contributed by atoms with van der Waals surface area (Å²) in [6, 6.07) is 0. The van der Waals surface area contributed by atoms with Crippen LogP contribution in [-0.2, 0) is 18.9 Å². The van der Waals surface area contributed by atoms with E-state index in [0.29, 0.717) is 0 Å². The average Bonchev–Trinajstić information content (AvgIpc) is 1.93. The zero-order valence-corrected chi connectivity index (χ0v) is 9.27. The third-order valence-electron chi connectivity index (χ3n) is 3.86. The molecule has 0 atom stereocenters. The Labute approximate surface area is 94.2 Å². The molecule has 1 heterocycles. The van der Waals surface area contributed by atoms with Crippen LogP contribution in [0.2, 0.25) is 5.31 Å². The Balaban J connectivity index is 1.72. The maximum Gasteiger partial charge on any atom is 0.605 e. The molecule has 0 amide bonds. The van der Waals surface area contributed by atoms with Gasteiger partial charge in [0.05, 0.1) is 13.1 Å². The Morgan fingerprint density at radius 2 is 1.69 bits per heavy atom. The van der Waals surface area contributed by atoms with Crippen LogP contribution in [0, 0.1) is 5.92 Å². The van der Waals surface area contributed by atoms with Crippen LogP contribution in [0.1, 0.15) is 19.3 Å². The Bertz CT molecular complexity index is 322. The highest BCUT2D eigenvalue weighted by Crippen LogP contribution is 2.72. The first kappa shape index (κ1) is 10.1. The van der Waals surface area contributed by atoms with Gasteiger partial charge in [-0.25, -0.2) is 0 Å². The van der Waals surface area contributed by atoms with E-state index in [1.807, 2.05) is 0 Å². The molecule has 3 saturated carbocycles. The lowest BCUT2D eigenvalue weighted by atomic mass is 9.30. The Morgan fingerprint density at radius 1 is 1.19 bits per heavy atom. The van der Waals surface area contributed by atoms with Crippen molar-refractivity contribution in [2.75, 3.05) is 20.1 Å². The lowest BCUT2D eigenvalue weighted by Gasteiger charge is -2.61. The zero-order valence-electron chi connectivity index (χ0n) is 9.27. The average molecular weight is 223 g/mol. The molecule has 4 rings (SSSR count). The summed E-state index contributed by atoms with van der Waals surface area (Å²) in [5.41, 5.74) is 0. The third kappa shape index (κ3) is 1.43.